The molecule has 1 N–H and O–H groups in total. The van der Waals surface area contributed by atoms with Gasteiger partial charge in [0.2, 0.25) is 0 Å². The molecule has 2 aromatic carbocycles. The van der Waals surface area contributed by atoms with E-state index in [1.165, 1.54) is 0 Å². The largest absolute Gasteiger partial charge is 0.513 e. The molecule has 0 saturated carbocycles. The number of aryl methyl sites for hydroxylation is 2. The Hall–Kier alpha value is -2.95. The molecule has 2 aliphatic rings. The number of carbonyl (C=O) groups excluding carboxylic acids is 2. The Morgan fingerprint density at radius 1 is 1.08 bits per heavy atom. The zero-order chi connectivity index (χ0) is 26.7. The summed E-state index contributed by atoms with van der Waals surface area (Å²) >= 11 is 6.06. The minimum Gasteiger partial charge on any atom is -0.434 e. The molecule has 2 heterocycles. The highest BCUT2D eigenvalue weighted by Crippen LogP contribution is 2.48. The van der Waals surface area contributed by atoms with Gasteiger partial charge in [0.1, 0.15) is 5.54 Å². The molecule has 1 fully saturated rings. The van der Waals surface area contributed by atoms with Gasteiger partial charge < -0.3 is 19.4 Å². The number of hydrogen-bond acceptors (Lipinski definition) is 8. The first-order valence-corrected chi connectivity index (χ1v) is 12.5. The number of carbonyl (C=O) groups is 2. The number of benzene rings is 2. The van der Waals surface area contributed by atoms with Crippen molar-refractivity contribution in [2.24, 2.45) is 0 Å². The Labute approximate surface area is 221 Å². The summed E-state index contributed by atoms with van der Waals surface area (Å²) < 4.78 is 10.9. The molecule has 1 spiro atoms. The molecule has 2 aromatic rings. The lowest BCUT2D eigenvalue weighted by Crippen LogP contribution is -2.55. The van der Waals surface area contributed by atoms with Crippen LogP contribution in [0, 0.1) is 13.8 Å². The van der Waals surface area contributed by atoms with Crippen molar-refractivity contribution in [2.45, 2.75) is 39.2 Å². The van der Waals surface area contributed by atoms with Gasteiger partial charge in [0.15, 0.2) is 12.6 Å². The maximum atomic E-state index is 13.9. The van der Waals surface area contributed by atoms with Crippen molar-refractivity contribution < 1.29 is 33.8 Å². The van der Waals surface area contributed by atoms with Gasteiger partial charge in [0.25, 0.3) is 5.91 Å². The quantitative estimate of drug-likeness (QED) is 0.409. The van der Waals surface area contributed by atoms with Crippen LogP contribution in [-0.2, 0) is 23.9 Å². The number of nitrogens with zero attached hydrogens (tertiary/aromatic N) is 2. The second kappa shape index (κ2) is 11.2. The highest BCUT2D eigenvalue weighted by atomic mass is 35.5. The van der Waals surface area contributed by atoms with E-state index in [4.69, 9.17) is 30.7 Å². The zero-order valence-electron chi connectivity index (χ0n) is 21.4. The predicted molar refractivity (Wildman–Crippen MR) is 137 cm³/mol. The van der Waals surface area contributed by atoms with Crippen LogP contribution in [-0.4, -0.2) is 66.4 Å². The number of hydrogen-bond donors (Lipinski definition) is 1. The Kier molecular flexibility index (Phi) is 8.20. The van der Waals surface area contributed by atoms with Crippen LogP contribution in [0.5, 0.6) is 0 Å². The first-order valence-electron chi connectivity index (χ1n) is 12.1. The van der Waals surface area contributed by atoms with Crippen molar-refractivity contribution in [1.82, 2.24) is 10.1 Å². The molecule has 2 aliphatic heterocycles. The molecule has 1 saturated heterocycles. The number of hydroxylamine groups is 4. The fourth-order valence-electron chi connectivity index (χ4n) is 5.19. The van der Waals surface area contributed by atoms with Crippen LogP contribution in [0.3, 0.4) is 0 Å². The van der Waals surface area contributed by atoms with E-state index >= 15 is 0 Å². The van der Waals surface area contributed by atoms with Crippen LogP contribution in [0.4, 0.5) is 4.79 Å². The lowest BCUT2D eigenvalue weighted by molar-refractivity contribution is -0.256. The van der Waals surface area contributed by atoms with Gasteiger partial charge in [-0.05, 0) is 73.6 Å². The fraction of sp³-hybridized carbons (Fsp3) is 0.407. The van der Waals surface area contributed by atoms with Crippen LogP contribution in [0.25, 0.3) is 16.7 Å². The van der Waals surface area contributed by atoms with Crippen molar-refractivity contribution in [3.05, 3.63) is 63.9 Å². The van der Waals surface area contributed by atoms with Crippen molar-refractivity contribution in [3.63, 3.8) is 0 Å². The van der Waals surface area contributed by atoms with Crippen LogP contribution >= 0.6 is 11.6 Å². The van der Waals surface area contributed by atoms with Gasteiger partial charge in [-0.1, -0.05) is 35.9 Å². The van der Waals surface area contributed by atoms with Gasteiger partial charge >= 0.3 is 6.16 Å². The number of piperidine rings is 1. The number of amides is 1. The number of aliphatic hydroxyl groups is 1. The number of rotatable bonds is 7. The molecule has 10 heteroatoms. The number of halogens is 1. The second-order valence-corrected chi connectivity index (χ2v) is 9.42. The number of ether oxygens (including phenoxy) is 2. The third-order valence-corrected chi connectivity index (χ3v) is 7.09. The van der Waals surface area contributed by atoms with Crippen molar-refractivity contribution in [3.8, 4) is 11.1 Å². The Bertz CT molecular complexity index is 1180. The first kappa shape index (κ1) is 27.1. The van der Waals surface area contributed by atoms with E-state index in [0.29, 0.717) is 36.5 Å². The third-order valence-electron chi connectivity index (χ3n) is 6.84. The van der Waals surface area contributed by atoms with E-state index < -0.39 is 24.4 Å². The van der Waals surface area contributed by atoms with Gasteiger partial charge in [-0.15, -0.1) is 0 Å². The molecule has 0 aromatic heterocycles. The minimum atomic E-state index is -1.12. The highest BCUT2D eigenvalue weighted by Gasteiger charge is 2.57. The van der Waals surface area contributed by atoms with E-state index in [1.54, 1.807) is 19.1 Å². The maximum absolute atomic E-state index is 13.9. The summed E-state index contributed by atoms with van der Waals surface area (Å²) in [4.78, 5) is 37.3. The van der Waals surface area contributed by atoms with Gasteiger partial charge in [0, 0.05) is 18.1 Å². The molecule has 0 aliphatic carbocycles. The van der Waals surface area contributed by atoms with Crippen LogP contribution in [0.1, 0.15) is 36.5 Å². The van der Waals surface area contributed by atoms with Gasteiger partial charge in [-0.2, -0.15) is 5.06 Å². The normalized spacial score (nSPS) is 17.6. The van der Waals surface area contributed by atoms with E-state index in [9.17, 15) is 14.7 Å². The molecule has 4 rings (SSSR count). The lowest BCUT2D eigenvalue weighted by Gasteiger charge is -2.43. The Balaban J connectivity index is 1.88. The van der Waals surface area contributed by atoms with Crippen molar-refractivity contribution in [1.29, 1.82) is 0 Å². The highest BCUT2D eigenvalue weighted by molar-refractivity contribution is 6.30. The molecule has 198 valence electrons. The minimum absolute atomic E-state index is 0.116. The monoisotopic (exact) mass is 530 g/mol. The average molecular weight is 531 g/mol. The SMILES string of the molecule is CCOC(=O)OC1=C(c2c(C)cc(-c3ccc(Cl)cc3)cc2C)C(=O)N(OCO)C12CCN(OC)CC2. The molecular weight excluding hydrogens is 500 g/mol. The molecule has 37 heavy (non-hydrogen) atoms. The lowest BCUT2D eigenvalue weighted by atomic mass is 9.84. The second-order valence-electron chi connectivity index (χ2n) is 8.98. The maximum Gasteiger partial charge on any atom is 0.513 e. The summed E-state index contributed by atoms with van der Waals surface area (Å²) in [6, 6.07) is 11.5. The Morgan fingerprint density at radius 3 is 2.24 bits per heavy atom. The van der Waals surface area contributed by atoms with Crippen molar-refractivity contribution >= 4 is 29.2 Å². The summed E-state index contributed by atoms with van der Waals surface area (Å²) in [5.74, 6) is -0.338. The molecule has 0 bridgehead atoms. The fourth-order valence-corrected chi connectivity index (χ4v) is 5.32. The van der Waals surface area contributed by atoms with E-state index in [-0.39, 0.29) is 17.9 Å². The van der Waals surface area contributed by atoms with Crippen LogP contribution in [0.15, 0.2) is 42.2 Å². The molecular formula is C27H31ClN2O7. The molecule has 1 amide bonds. The Morgan fingerprint density at radius 2 is 1.70 bits per heavy atom. The third kappa shape index (κ3) is 5.10. The summed E-state index contributed by atoms with van der Waals surface area (Å²) in [7, 11) is 1.58. The topological polar surface area (TPSA) is 97.8 Å². The zero-order valence-corrected chi connectivity index (χ0v) is 22.1. The summed E-state index contributed by atoms with van der Waals surface area (Å²) in [6.45, 7) is 5.78. The first-order chi connectivity index (χ1) is 17.7. The van der Waals surface area contributed by atoms with E-state index in [2.05, 4.69) is 0 Å². The summed E-state index contributed by atoms with van der Waals surface area (Å²) in [5, 5.41) is 13.2. The van der Waals surface area contributed by atoms with E-state index in [0.717, 1.165) is 27.3 Å². The average Bonchev–Trinajstić information content (AvgIpc) is 3.07. The summed E-state index contributed by atoms with van der Waals surface area (Å²) in [5.41, 5.74) is 3.29. The van der Waals surface area contributed by atoms with Crippen molar-refractivity contribution in [2.75, 3.05) is 33.6 Å². The molecule has 9 nitrogen and oxygen atoms in total. The predicted octanol–water partition coefficient (Wildman–Crippen LogP) is 4.63. The van der Waals surface area contributed by atoms with Gasteiger partial charge in [0.05, 0.1) is 19.3 Å². The molecule has 0 atom stereocenters. The van der Waals surface area contributed by atoms with Gasteiger partial charge in [-0.25, -0.2) is 14.7 Å². The van der Waals surface area contributed by atoms with Crippen LogP contribution in [0.2, 0.25) is 5.02 Å². The van der Waals surface area contributed by atoms with Crippen LogP contribution < -0.4 is 0 Å². The smallest absolute Gasteiger partial charge is 0.434 e. The summed E-state index contributed by atoms with van der Waals surface area (Å²) in [6.07, 6.45) is -0.201. The van der Waals surface area contributed by atoms with Gasteiger partial charge in [-0.3, -0.25) is 4.79 Å². The molecule has 0 radical (unpaired) electrons. The number of aliphatic hydroxyl groups excluding tert-OH is 1. The standard InChI is InChI=1S/C27H31ClN2O7/c1-5-35-26(33)37-24-23(25(32)30(36-16-31)27(24)10-12-29(34-4)13-11-27)22-17(2)14-20(15-18(22)3)19-6-8-21(28)9-7-19/h6-9,14-15,31H,5,10-13,16H2,1-4H3. The molecule has 0 unspecified atom stereocenters. The van der Waals surface area contributed by atoms with E-state index in [1.807, 2.05) is 50.2 Å².